The zero-order valence-corrected chi connectivity index (χ0v) is 15.9. The van der Waals surface area contributed by atoms with Gasteiger partial charge in [0.2, 0.25) is 0 Å². The number of hydrogen-bond acceptors (Lipinski definition) is 6. The van der Waals surface area contributed by atoms with Gasteiger partial charge in [-0.1, -0.05) is 0 Å². The van der Waals surface area contributed by atoms with Crippen LogP contribution in [0.1, 0.15) is 6.42 Å². The molecule has 0 aromatic heterocycles. The van der Waals surface area contributed by atoms with Gasteiger partial charge < -0.3 is 19.7 Å². The zero-order valence-electron chi connectivity index (χ0n) is 15.1. The van der Waals surface area contributed by atoms with Crippen LogP contribution in [0.3, 0.4) is 0 Å². The fourth-order valence-electron chi connectivity index (χ4n) is 3.47. The minimum atomic E-state index is -2.88. The van der Waals surface area contributed by atoms with Gasteiger partial charge >= 0.3 is 6.03 Å². The van der Waals surface area contributed by atoms with Gasteiger partial charge in [-0.3, -0.25) is 4.90 Å². The number of sulfone groups is 1. The number of benzene rings is 1. The summed E-state index contributed by atoms with van der Waals surface area (Å²) in [5, 5.41) is 2.87. The fourth-order valence-corrected chi connectivity index (χ4v) is 5.23. The van der Waals surface area contributed by atoms with Gasteiger partial charge in [0, 0.05) is 44.0 Å². The lowest BCUT2D eigenvalue weighted by molar-refractivity contribution is 0.121. The lowest BCUT2D eigenvalue weighted by Gasteiger charge is -2.37. The van der Waals surface area contributed by atoms with Crippen molar-refractivity contribution in [3.63, 3.8) is 0 Å². The van der Waals surface area contributed by atoms with E-state index in [1.54, 1.807) is 37.3 Å². The molecular formula is C17H25N3O5S. The van der Waals surface area contributed by atoms with Crippen LogP contribution in [0, 0.1) is 0 Å². The Kier molecular flexibility index (Phi) is 5.57. The number of nitrogens with one attached hydrogen (secondary N) is 1. The van der Waals surface area contributed by atoms with Crippen LogP contribution in [0.25, 0.3) is 0 Å². The first-order valence-electron chi connectivity index (χ1n) is 8.64. The average molecular weight is 383 g/mol. The molecule has 1 aromatic carbocycles. The highest BCUT2D eigenvalue weighted by molar-refractivity contribution is 7.91. The van der Waals surface area contributed by atoms with E-state index in [1.807, 2.05) is 0 Å². The summed E-state index contributed by atoms with van der Waals surface area (Å²) in [6.45, 7) is 2.55. The lowest BCUT2D eigenvalue weighted by Crippen LogP contribution is -2.53. The van der Waals surface area contributed by atoms with Crippen LogP contribution in [-0.2, 0) is 9.84 Å². The van der Waals surface area contributed by atoms with Crippen LogP contribution in [0.5, 0.6) is 11.5 Å². The van der Waals surface area contributed by atoms with Gasteiger partial charge in [-0.25, -0.2) is 13.2 Å². The summed E-state index contributed by atoms with van der Waals surface area (Å²) in [6.07, 6.45) is 0.695. The second-order valence-corrected chi connectivity index (χ2v) is 8.81. The van der Waals surface area contributed by atoms with Crippen LogP contribution in [-0.4, -0.2) is 82.2 Å². The van der Waals surface area contributed by atoms with Gasteiger partial charge in [0.1, 0.15) is 0 Å². The molecule has 2 amide bonds. The summed E-state index contributed by atoms with van der Waals surface area (Å²) < 4.78 is 33.7. The first-order chi connectivity index (χ1) is 12.4. The maximum atomic E-state index is 12.5. The van der Waals surface area contributed by atoms with Crippen molar-refractivity contribution in [3.05, 3.63) is 18.2 Å². The first-order valence-corrected chi connectivity index (χ1v) is 10.5. The highest BCUT2D eigenvalue weighted by Crippen LogP contribution is 2.30. The number of nitrogens with zero attached hydrogens (tertiary/aromatic N) is 2. The van der Waals surface area contributed by atoms with E-state index in [-0.39, 0.29) is 23.6 Å². The number of piperazine rings is 1. The largest absolute Gasteiger partial charge is 0.493 e. The van der Waals surface area contributed by atoms with Crippen molar-refractivity contribution < 1.29 is 22.7 Å². The molecule has 2 fully saturated rings. The molecule has 9 heteroatoms. The second kappa shape index (κ2) is 7.71. The SMILES string of the molecule is COc1ccc(NC(=O)N2CCN(C3CCS(=O)(=O)C3)CC2)cc1OC. The minimum absolute atomic E-state index is 0.0936. The van der Waals surface area contributed by atoms with Gasteiger partial charge in [0.25, 0.3) is 0 Å². The molecule has 3 rings (SSSR count). The number of anilines is 1. The third-order valence-electron chi connectivity index (χ3n) is 4.96. The first kappa shape index (κ1) is 18.8. The smallest absolute Gasteiger partial charge is 0.321 e. The van der Waals surface area contributed by atoms with E-state index in [0.29, 0.717) is 49.8 Å². The van der Waals surface area contributed by atoms with Crippen molar-refractivity contribution in [2.45, 2.75) is 12.5 Å². The molecule has 1 aromatic rings. The molecule has 0 spiro atoms. The molecule has 1 unspecified atom stereocenters. The standard InChI is InChI=1S/C17H25N3O5S/c1-24-15-4-3-13(11-16(15)25-2)18-17(21)20-8-6-19(7-9-20)14-5-10-26(22,23)12-14/h3-4,11,14H,5-10,12H2,1-2H3,(H,18,21). The third-order valence-corrected chi connectivity index (χ3v) is 6.71. The average Bonchev–Trinajstić information content (AvgIpc) is 3.01. The monoisotopic (exact) mass is 383 g/mol. The normalized spacial score (nSPS) is 22.8. The summed E-state index contributed by atoms with van der Waals surface area (Å²) in [6, 6.07) is 5.15. The fraction of sp³-hybridized carbons (Fsp3) is 0.588. The molecule has 8 nitrogen and oxygen atoms in total. The number of hydrogen-bond donors (Lipinski definition) is 1. The Labute approximate surface area is 154 Å². The predicted molar refractivity (Wildman–Crippen MR) is 98.8 cm³/mol. The molecule has 0 bridgehead atoms. The third kappa shape index (κ3) is 4.21. The van der Waals surface area contributed by atoms with E-state index < -0.39 is 9.84 Å². The molecule has 2 saturated heterocycles. The zero-order chi connectivity index (χ0) is 18.7. The van der Waals surface area contributed by atoms with Gasteiger partial charge in [-0.05, 0) is 18.6 Å². The van der Waals surface area contributed by atoms with Crippen LogP contribution in [0.15, 0.2) is 18.2 Å². The Morgan fingerprint density at radius 3 is 2.38 bits per heavy atom. The number of rotatable bonds is 4. The van der Waals surface area contributed by atoms with E-state index in [0.717, 1.165) is 0 Å². The van der Waals surface area contributed by atoms with Crippen LogP contribution in [0.4, 0.5) is 10.5 Å². The number of amides is 2. The number of methoxy groups -OCH3 is 2. The van der Waals surface area contributed by atoms with E-state index >= 15 is 0 Å². The van der Waals surface area contributed by atoms with Crippen molar-refractivity contribution >= 4 is 21.6 Å². The number of carbonyl (C=O) groups excluding carboxylic acids is 1. The molecule has 2 aliphatic heterocycles. The maximum Gasteiger partial charge on any atom is 0.321 e. The Bertz CT molecular complexity index is 760. The molecule has 0 saturated carbocycles. The van der Waals surface area contributed by atoms with Crippen molar-refractivity contribution in [2.24, 2.45) is 0 Å². The minimum Gasteiger partial charge on any atom is -0.493 e. The Hall–Kier alpha value is -2.00. The molecule has 2 aliphatic rings. The molecule has 26 heavy (non-hydrogen) atoms. The van der Waals surface area contributed by atoms with Crippen molar-refractivity contribution in [3.8, 4) is 11.5 Å². The molecule has 1 N–H and O–H groups in total. The summed E-state index contributed by atoms with van der Waals surface area (Å²) in [7, 11) is 0.224. The van der Waals surface area contributed by atoms with Crippen molar-refractivity contribution in [1.29, 1.82) is 0 Å². The van der Waals surface area contributed by atoms with Gasteiger partial charge in [0.05, 0.1) is 25.7 Å². The second-order valence-electron chi connectivity index (χ2n) is 6.58. The van der Waals surface area contributed by atoms with Crippen LogP contribution < -0.4 is 14.8 Å². The molecule has 0 radical (unpaired) electrons. The summed E-state index contributed by atoms with van der Waals surface area (Å²) in [5.41, 5.74) is 0.636. The summed E-state index contributed by atoms with van der Waals surface area (Å²) in [5.74, 6) is 1.67. The molecule has 144 valence electrons. The summed E-state index contributed by atoms with van der Waals surface area (Å²) in [4.78, 5) is 16.4. The van der Waals surface area contributed by atoms with Crippen LogP contribution in [0.2, 0.25) is 0 Å². The van der Waals surface area contributed by atoms with Gasteiger partial charge in [-0.15, -0.1) is 0 Å². The van der Waals surface area contributed by atoms with E-state index in [9.17, 15) is 13.2 Å². The number of ether oxygens (including phenoxy) is 2. The highest BCUT2D eigenvalue weighted by Gasteiger charge is 2.34. The van der Waals surface area contributed by atoms with E-state index in [1.165, 1.54) is 0 Å². The maximum absolute atomic E-state index is 12.5. The topological polar surface area (TPSA) is 88.2 Å². The Balaban J connectivity index is 1.54. The van der Waals surface area contributed by atoms with Gasteiger partial charge in [0.15, 0.2) is 21.3 Å². The summed E-state index contributed by atoms with van der Waals surface area (Å²) >= 11 is 0. The molecular weight excluding hydrogens is 358 g/mol. The highest BCUT2D eigenvalue weighted by atomic mass is 32.2. The molecule has 0 aliphatic carbocycles. The van der Waals surface area contributed by atoms with Crippen LogP contribution >= 0.6 is 0 Å². The Morgan fingerprint density at radius 2 is 1.81 bits per heavy atom. The molecule has 1 atom stereocenters. The number of urea groups is 1. The van der Waals surface area contributed by atoms with Gasteiger partial charge in [-0.2, -0.15) is 0 Å². The predicted octanol–water partition coefficient (Wildman–Crippen LogP) is 1.04. The van der Waals surface area contributed by atoms with E-state index in [4.69, 9.17) is 9.47 Å². The molecule has 2 heterocycles. The van der Waals surface area contributed by atoms with Crippen molar-refractivity contribution in [2.75, 3.05) is 57.2 Å². The lowest BCUT2D eigenvalue weighted by atomic mass is 10.2. The van der Waals surface area contributed by atoms with Crippen molar-refractivity contribution in [1.82, 2.24) is 9.80 Å². The van der Waals surface area contributed by atoms with E-state index in [2.05, 4.69) is 10.2 Å². The quantitative estimate of drug-likeness (QED) is 0.836. The Morgan fingerprint density at radius 1 is 1.12 bits per heavy atom. The number of carbonyl (C=O) groups is 1.